The van der Waals surface area contributed by atoms with E-state index in [2.05, 4.69) is 15.3 Å². The molecule has 4 heterocycles. The van der Waals surface area contributed by atoms with Gasteiger partial charge in [0.05, 0.1) is 26.9 Å². The van der Waals surface area contributed by atoms with Crippen LogP contribution in [0, 0.1) is 5.82 Å². The molecule has 3 aromatic rings. The lowest BCUT2D eigenvalue weighted by molar-refractivity contribution is 0.0751. The van der Waals surface area contributed by atoms with Gasteiger partial charge in [-0.1, -0.05) is 11.6 Å². The van der Waals surface area contributed by atoms with Crippen LogP contribution in [-0.4, -0.2) is 40.4 Å². The Labute approximate surface area is 151 Å². The number of nitrogens with zero attached hydrogens (tertiary/aromatic N) is 1. The van der Waals surface area contributed by atoms with Crippen molar-refractivity contribution in [1.82, 2.24) is 9.97 Å². The Morgan fingerprint density at radius 2 is 2.32 bits per heavy atom. The minimum Gasteiger partial charge on any atom is -0.494 e. The van der Waals surface area contributed by atoms with E-state index in [1.54, 1.807) is 12.1 Å². The van der Waals surface area contributed by atoms with E-state index in [1.807, 2.05) is 0 Å². The molecule has 1 saturated heterocycles. The van der Waals surface area contributed by atoms with Crippen molar-refractivity contribution in [3.05, 3.63) is 28.5 Å². The molecular weight excluding hydrogens is 367 g/mol. The van der Waals surface area contributed by atoms with Crippen LogP contribution in [0.15, 0.2) is 18.3 Å². The molecule has 9 heteroatoms. The summed E-state index contributed by atoms with van der Waals surface area (Å²) in [6, 6.07) is 3.15. The third kappa shape index (κ3) is 2.95. The van der Waals surface area contributed by atoms with Crippen molar-refractivity contribution >= 4 is 39.5 Å². The summed E-state index contributed by atoms with van der Waals surface area (Å²) in [5.41, 5.74) is 6.51. The number of fused-ring (bicyclic) bond motifs is 1. The van der Waals surface area contributed by atoms with E-state index in [9.17, 15) is 9.50 Å². The van der Waals surface area contributed by atoms with E-state index in [0.717, 1.165) is 4.88 Å². The molecule has 3 aromatic heterocycles. The van der Waals surface area contributed by atoms with Gasteiger partial charge in [-0.2, -0.15) is 0 Å². The Balaban J connectivity index is 1.83. The molecule has 132 valence electrons. The first-order valence-corrected chi connectivity index (χ1v) is 8.99. The van der Waals surface area contributed by atoms with Gasteiger partial charge in [0.25, 0.3) is 0 Å². The van der Waals surface area contributed by atoms with Gasteiger partial charge >= 0.3 is 0 Å². The monoisotopic (exact) mass is 382 g/mol. The maximum atomic E-state index is 14.9. The van der Waals surface area contributed by atoms with Gasteiger partial charge in [-0.15, -0.1) is 11.3 Å². The second kappa shape index (κ2) is 6.45. The molecule has 6 nitrogen and oxygen atoms in total. The molecule has 0 amide bonds. The SMILES string of the molecule is N[C@H]1COCC[C@H]1Nc1nc(-c2ccc(Cl)s2)c2c(O)[nH]cc2c1F. The van der Waals surface area contributed by atoms with Crippen LogP contribution < -0.4 is 11.1 Å². The topological polar surface area (TPSA) is 96.2 Å². The summed E-state index contributed by atoms with van der Waals surface area (Å²) in [7, 11) is 0. The normalized spacial score (nSPS) is 20.9. The lowest BCUT2D eigenvalue weighted by Crippen LogP contribution is -2.47. The van der Waals surface area contributed by atoms with E-state index >= 15 is 0 Å². The van der Waals surface area contributed by atoms with Crippen LogP contribution in [0.25, 0.3) is 21.3 Å². The van der Waals surface area contributed by atoms with Crippen molar-refractivity contribution in [3.63, 3.8) is 0 Å². The molecule has 0 aliphatic carbocycles. The maximum Gasteiger partial charge on any atom is 0.198 e. The highest BCUT2D eigenvalue weighted by Gasteiger charge is 2.26. The summed E-state index contributed by atoms with van der Waals surface area (Å²) in [6.07, 6.45) is 2.09. The van der Waals surface area contributed by atoms with E-state index in [-0.39, 0.29) is 29.2 Å². The van der Waals surface area contributed by atoms with Crippen LogP contribution >= 0.6 is 22.9 Å². The number of nitrogens with one attached hydrogen (secondary N) is 2. The van der Waals surface area contributed by atoms with E-state index in [0.29, 0.717) is 35.1 Å². The summed E-state index contributed by atoms with van der Waals surface area (Å²) in [4.78, 5) is 7.82. The second-order valence-electron chi connectivity index (χ2n) is 5.93. The molecule has 1 aliphatic heterocycles. The maximum absolute atomic E-state index is 14.9. The van der Waals surface area contributed by atoms with Gasteiger partial charge < -0.3 is 25.9 Å². The molecule has 0 bridgehead atoms. The van der Waals surface area contributed by atoms with Crippen LogP contribution in [0.4, 0.5) is 10.2 Å². The fourth-order valence-corrected chi connectivity index (χ4v) is 4.04. The largest absolute Gasteiger partial charge is 0.494 e. The minimum absolute atomic E-state index is 0.105. The number of rotatable bonds is 3. The molecule has 0 aromatic carbocycles. The van der Waals surface area contributed by atoms with Gasteiger partial charge in [0.2, 0.25) is 0 Å². The molecule has 1 aliphatic rings. The number of H-pyrrole nitrogens is 1. The molecule has 0 radical (unpaired) electrons. The van der Waals surface area contributed by atoms with Crippen molar-refractivity contribution in [2.45, 2.75) is 18.5 Å². The predicted molar refractivity (Wildman–Crippen MR) is 96.9 cm³/mol. The average molecular weight is 383 g/mol. The Morgan fingerprint density at radius 1 is 1.48 bits per heavy atom. The standard InChI is InChI=1S/C16H16ClFN4O2S/c17-11-2-1-10(25-11)14-12-7(5-20-16(12)23)13(18)15(22-14)21-9-3-4-24-6-8(9)19/h1-2,5,8-9,20-21,23H,3-4,6,19H2/t8-,9+/m0/s1. The summed E-state index contributed by atoms with van der Waals surface area (Å²) in [5, 5.41) is 13.8. The lowest BCUT2D eigenvalue weighted by Gasteiger charge is -2.30. The van der Waals surface area contributed by atoms with Crippen molar-refractivity contribution in [2.75, 3.05) is 18.5 Å². The highest BCUT2D eigenvalue weighted by Crippen LogP contribution is 2.40. The third-order valence-electron chi connectivity index (χ3n) is 4.29. The zero-order valence-corrected chi connectivity index (χ0v) is 14.6. The number of aromatic amines is 1. The molecule has 0 spiro atoms. The first-order valence-electron chi connectivity index (χ1n) is 7.79. The smallest absolute Gasteiger partial charge is 0.198 e. The van der Waals surface area contributed by atoms with Crippen LogP contribution in [0.2, 0.25) is 4.34 Å². The van der Waals surface area contributed by atoms with Crippen molar-refractivity contribution in [1.29, 1.82) is 0 Å². The number of halogens is 2. The van der Waals surface area contributed by atoms with Crippen molar-refractivity contribution in [2.24, 2.45) is 5.73 Å². The quantitative estimate of drug-likeness (QED) is 0.557. The zero-order valence-electron chi connectivity index (χ0n) is 13.1. The van der Waals surface area contributed by atoms with Crippen LogP contribution in [-0.2, 0) is 4.74 Å². The summed E-state index contributed by atoms with van der Waals surface area (Å²) >= 11 is 7.33. The number of pyridine rings is 1. The number of nitrogens with two attached hydrogens (primary N) is 1. The number of aromatic nitrogens is 2. The minimum atomic E-state index is -0.531. The predicted octanol–water partition coefficient (Wildman–Crippen LogP) is 3.32. The number of hydrogen-bond donors (Lipinski definition) is 4. The Kier molecular flexibility index (Phi) is 4.28. The van der Waals surface area contributed by atoms with E-state index in [1.165, 1.54) is 17.5 Å². The van der Waals surface area contributed by atoms with Crippen molar-refractivity contribution in [3.8, 4) is 16.5 Å². The number of ether oxygens (including phenoxy) is 1. The molecule has 25 heavy (non-hydrogen) atoms. The first kappa shape index (κ1) is 16.6. The first-order chi connectivity index (χ1) is 12.0. The highest BCUT2D eigenvalue weighted by atomic mass is 35.5. The average Bonchev–Trinajstić information content (AvgIpc) is 3.19. The number of thiophene rings is 1. The molecule has 4 rings (SSSR count). The fourth-order valence-electron chi connectivity index (χ4n) is 3.00. The molecule has 5 N–H and O–H groups in total. The third-order valence-corrected chi connectivity index (χ3v) is 5.53. The van der Waals surface area contributed by atoms with Gasteiger partial charge in [-0.25, -0.2) is 9.37 Å². The molecule has 0 unspecified atom stereocenters. The van der Waals surface area contributed by atoms with Crippen LogP contribution in [0.3, 0.4) is 0 Å². The Morgan fingerprint density at radius 3 is 3.04 bits per heavy atom. The summed E-state index contributed by atoms with van der Waals surface area (Å²) in [5.74, 6) is -0.555. The zero-order chi connectivity index (χ0) is 17.6. The Bertz CT molecular complexity index is 928. The van der Waals surface area contributed by atoms with E-state index < -0.39 is 5.82 Å². The Hall–Kier alpha value is -1.87. The molecular formula is C16H16ClFN4O2S. The van der Waals surface area contributed by atoms with E-state index in [4.69, 9.17) is 22.1 Å². The van der Waals surface area contributed by atoms with Gasteiger partial charge in [-0.3, -0.25) is 0 Å². The number of hydrogen-bond acceptors (Lipinski definition) is 6. The molecule has 0 saturated carbocycles. The summed E-state index contributed by atoms with van der Waals surface area (Å²) < 4.78 is 20.8. The number of anilines is 1. The lowest BCUT2D eigenvalue weighted by atomic mass is 10.0. The number of aromatic hydroxyl groups is 1. The van der Waals surface area contributed by atoms with Gasteiger partial charge in [0.1, 0.15) is 0 Å². The summed E-state index contributed by atoms with van der Waals surface area (Å²) in [6.45, 7) is 0.980. The fraction of sp³-hybridized carbons (Fsp3) is 0.312. The highest BCUT2D eigenvalue weighted by molar-refractivity contribution is 7.19. The van der Waals surface area contributed by atoms with Crippen LogP contribution in [0.5, 0.6) is 5.88 Å². The van der Waals surface area contributed by atoms with Gasteiger partial charge in [-0.05, 0) is 18.6 Å². The molecule has 2 atom stereocenters. The van der Waals surface area contributed by atoms with Crippen molar-refractivity contribution < 1.29 is 14.2 Å². The van der Waals surface area contributed by atoms with Crippen LogP contribution in [0.1, 0.15) is 6.42 Å². The van der Waals surface area contributed by atoms with Gasteiger partial charge in [0.15, 0.2) is 17.5 Å². The van der Waals surface area contributed by atoms with Gasteiger partial charge in [0, 0.05) is 30.3 Å². The second-order valence-corrected chi connectivity index (χ2v) is 7.65. The molecule has 1 fully saturated rings.